The summed E-state index contributed by atoms with van der Waals surface area (Å²) >= 11 is 0. The number of hydrogen-bond acceptors (Lipinski definition) is 21. The second-order valence-electron chi connectivity index (χ2n) is 8.74. The van der Waals surface area contributed by atoms with E-state index in [1.807, 2.05) is 0 Å². The molecule has 22 N–H and O–H groups in total. The van der Waals surface area contributed by atoms with E-state index in [4.69, 9.17) is 71.8 Å². The molecule has 0 amide bonds. The summed E-state index contributed by atoms with van der Waals surface area (Å²) in [5.74, 6) is 0. The lowest BCUT2D eigenvalue weighted by Crippen LogP contribution is -2.61. The van der Waals surface area contributed by atoms with E-state index < -0.39 is 120 Å². The highest BCUT2D eigenvalue weighted by atomic mass is 31.2. The molecule has 242 valence electrons. The molecule has 0 saturated carbocycles. The SMILES string of the molecule is NP(O)O.N[C@H]1C(O)O[C@H](CO)[C@H](O)[C@@H]1O.N[C@H]1C(O)O[C@H](CO)[C@H](O)[C@@H]1O.N[C@H]1C(O)O[C@H](CO)[C@H](O)[C@@H]1O. The first-order chi connectivity index (χ1) is 18.5. The van der Waals surface area contributed by atoms with Gasteiger partial charge in [-0.2, -0.15) is 0 Å². The van der Waals surface area contributed by atoms with Crippen molar-refractivity contribution in [1.82, 2.24) is 0 Å². The summed E-state index contributed by atoms with van der Waals surface area (Å²) < 4.78 is 14.1. The van der Waals surface area contributed by atoms with Crippen LogP contribution in [0.15, 0.2) is 0 Å². The lowest BCUT2D eigenvalue weighted by atomic mass is 9.98. The van der Waals surface area contributed by atoms with Gasteiger partial charge in [0.15, 0.2) is 18.9 Å². The number of ether oxygens (including phenoxy) is 3. The molecule has 22 heteroatoms. The molecule has 0 aliphatic carbocycles. The zero-order valence-electron chi connectivity index (χ0n) is 21.0. The lowest BCUT2D eigenvalue weighted by Gasteiger charge is -2.38. The Morgan fingerprint density at radius 1 is 0.450 bits per heavy atom. The van der Waals surface area contributed by atoms with Gasteiger partial charge in [-0.3, -0.25) is 5.50 Å². The fraction of sp³-hybridized carbons (Fsp3) is 1.00. The van der Waals surface area contributed by atoms with E-state index in [0.29, 0.717) is 0 Å². The van der Waals surface area contributed by atoms with E-state index in [1.165, 1.54) is 0 Å². The van der Waals surface area contributed by atoms with Crippen LogP contribution in [-0.4, -0.2) is 183 Å². The molecule has 0 radical (unpaired) electrons. The summed E-state index contributed by atoms with van der Waals surface area (Å²) in [6.07, 6.45) is -14.6. The van der Waals surface area contributed by atoms with E-state index >= 15 is 0 Å². The third kappa shape index (κ3) is 11.7. The summed E-state index contributed by atoms with van der Waals surface area (Å²) in [5, 5.41) is 108. The molecule has 0 bridgehead atoms. The first-order valence-electron chi connectivity index (χ1n) is 11.6. The van der Waals surface area contributed by atoms with E-state index in [9.17, 15) is 30.6 Å². The van der Waals surface area contributed by atoms with Crippen LogP contribution < -0.4 is 22.7 Å². The van der Waals surface area contributed by atoms with Crippen LogP contribution in [0.1, 0.15) is 0 Å². The van der Waals surface area contributed by atoms with E-state index in [-0.39, 0.29) is 0 Å². The molecule has 3 fully saturated rings. The molecular formula is C18H43N4O17P. The quantitative estimate of drug-likeness (QED) is 0.130. The highest BCUT2D eigenvalue weighted by Crippen LogP contribution is 2.19. The Morgan fingerprint density at radius 2 is 0.625 bits per heavy atom. The topological polar surface area (TPSA) is 415 Å². The molecule has 3 unspecified atom stereocenters. The molecule has 40 heavy (non-hydrogen) atoms. The summed E-state index contributed by atoms with van der Waals surface area (Å²) in [4.78, 5) is 14.9. The molecular weight excluding hydrogens is 575 g/mol. The average Bonchev–Trinajstić information content (AvgIpc) is 2.91. The smallest absolute Gasteiger partial charge is 0.247 e. The number of hydrogen-bond donors (Lipinski definition) is 18. The van der Waals surface area contributed by atoms with Crippen molar-refractivity contribution in [3.8, 4) is 0 Å². The Balaban J connectivity index is 0.000000534. The number of aliphatic hydroxyl groups is 12. The number of nitrogens with two attached hydrogens (primary N) is 4. The van der Waals surface area contributed by atoms with Crippen LogP contribution in [-0.2, 0) is 14.2 Å². The lowest BCUT2D eigenvalue weighted by molar-refractivity contribution is -0.248. The molecule has 3 heterocycles. The van der Waals surface area contributed by atoms with Gasteiger partial charge in [0, 0.05) is 0 Å². The Kier molecular flexibility index (Phi) is 18.8. The predicted molar refractivity (Wildman–Crippen MR) is 129 cm³/mol. The number of rotatable bonds is 3. The fourth-order valence-corrected chi connectivity index (χ4v) is 3.35. The van der Waals surface area contributed by atoms with Crippen molar-refractivity contribution in [1.29, 1.82) is 0 Å². The molecule has 3 aliphatic heterocycles. The highest BCUT2D eigenvalue weighted by Gasteiger charge is 2.43. The molecule has 0 aromatic carbocycles. The maximum absolute atomic E-state index is 9.20. The minimum atomic E-state index is -2.12. The van der Waals surface area contributed by atoms with Crippen LogP contribution in [0.25, 0.3) is 0 Å². The monoisotopic (exact) mass is 618 g/mol. The van der Waals surface area contributed by atoms with Crippen molar-refractivity contribution in [3.05, 3.63) is 0 Å². The third-order valence-corrected chi connectivity index (χ3v) is 5.85. The Bertz CT molecular complexity index is 582. The molecule has 0 aromatic rings. The van der Waals surface area contributed by atoms with Gasteiger partial charge in [0.05, 0.1) is 37.9 Å². The van der Waals surface area contributed by atoms with Crippen molar-refractivity contribution in [3.63, 3.8) is 0 Å². The van der Waals surface area contributed by atoms with E-state index in [2.05, 4.69) is 5.50 Å². The maximum atomic E-state index is 9.20. The van der Waals surface area contributed by atoms with Gasteiger partial charge in [0.1, 0.15) is 54.9 Å². The molecule has 3 rings (SSSR count). The van der Waals surface area contributed by atoms with Gasteiger partial charge in [-0.15, -0.1) is 0 Å². The van der Waals surface area contributed by atoms with Gasteiger partial charge in [0.25, 0.3) is 0 Å². The Morgan fingerprint density at radius 3 is 0.775 bits per heavy atom. The van der Waals surface area contributed by atoms with Gasteiger partial charge < -0.3 is 102 Å². The van der Waals surface area contributed by atoms with Crippen molar-refractivity contribution in [2.75, 3.05) is 19.8 Å². The van der Waals surface area contributed by atoms with Crippen LogP contribution in [0.2, 0.25) is 0 Å². The summed E-state index contributed by atoms with van der Waals surface area (Å²) in [7, 11) is -2.12. The Hall–Kier alpha value is -0.410. The van der Waals surface area contributed by atoms with Crippen molar-refractivity contribution < 1.29 is 85.3 Å². The first kappa shape index (κ1) is 39.6. The number of aliphatic hydroxyl groups excluding tert-OH is 12. The van der Waals surface area contributed by atoms with E-state index in [1.54, 1.807) is 0 Å². The summed E-state index contributed by atoms with van der Waals surface area (Å²) in [6, 6.07) is -3.12. The normalized spacial score (nSPS) is 45.2. The largest absolute Gasteiger partial charge is 0.394 e. The second kappa shape index (κ2) is 19.0. The molecule has 3 saturated heterocycles. The highest BCUT2D eigenvalue weighted by molar-refractivity contribution is 7.42. The van der Waals surface area contributed by atoms with Crippen LogP contribution in [0, 0.1) is 0 Å². The van der Waals surface area contributed by atoms with Crippen LogP contribution in [0.3, 0.4) is 0 Å². The van der Waals surface area contributed by atoms with Gasteiger partial charge in [-0.1, -0.05) is 0 Å². The molecule has 15 atom stereocenters. The predicted octanol–water partition coefficient (Wildman–Crippen LogP) is -10.6. The molecule has 3 aliphatic rings. The minimum absolute atomic E-state index is 0.470. The van der Waals surface area contributed by atoms with E-state index in [0.717, 1.165) is 0 Å². The van der Waals surface area contributed by atoms with Crippen molar-refractivity contribution in [2.24, 2.45) is 22.7 Å². The third-order valence-electron chi connectivity index (χ3n) is 5.85. The maximum Gasteiger partial charge on any atom is 0.247 e. The zero-order chi connectivity index (χ0) is 31.5. The fourth-order valence-electron chi connectivity index (χ4n) is 3.35. The van der Waals surface area contributed by atoms with Crippen LogP contribution in [0.4, 0.5) is 0 Å². The van der Waals surface area contributed by atoms with Gasteiger partial charge in [-0.05, 0) is 0 Å². The summed E-state index contributed by atoms with van der Waals surface area (Å²) in [5.41, 5.74) is 20.1. The van der Waals surface area contributed by atoms with Gasteiger partial charge in [0.2, 0.25) is 8.53 Å². The van der Waals surface area contributed by atoms with Crippen molar-refractivity contribution >= 4 is 8.53 Å². The average molecular weight is 619 g/mol. The molecule has 0 aromatic heterocycles. The van der Waals surface area contributed by atoms with Gasteiger partial charge >= 0.3 is 0 Å². The minimum Gasteiger partial charge on any atom is -0.394 e. The second-order valence-corrected chi connectivity index (χ2v) is 9.38. The Labute approximate surface area is 228 Å². The summed E-state index contributed by atoms with van der Waals surface area (Å²) in [6.45, 7) is -1.41. The van der Waals surface area contributed by atoms with Crippen LogP contribution >= 0.6 is 8.53 Å². The van der Waals surface area contributed by atoms with Crippen LogP contribution in [0.5, 0.6) is 0 Å². The molecule has 21 nitrogen and oxygen atoms in total. The van der Waals surface area contributed by atoms with Crippen molar-refractivity contribution in [2.45, 2.75) is 91.9 Å². The first-order valence-corrected chi connectivity index (χ1v) is 12.9. The molecule has 0 spiro atoms. The van der Waals surface area contributed by atoms with Gasteiger partial charge in [-0.25, -0.2) is 0 Å². The standard InChI is InChI=1S/3C6H13NO5.H4NO2P/c3*7-3-5(10)4(9)2(1-8)12-6(3)11;1-4(2)3/h3*2-6,8-11H,1,7H2;2-3H,1H2/t3*2-,3-,4+,5-,6?;/m111./s1. The zero-order valence-corrected chi connectivity index (χ0v) is 21.9.